The Hall–Kier alpha value is -1.44. The Kier molecular flexibility index (Phi) is 6.15. The third kappa shape index (κ3) is 3.91. The van der Waals surface area contributed by atoms with E-state index in [0.717, 1.165) is 41.8 Å². The van der Waals surface area contributed by atoms with Crippen LogP contribution >= 0.6 is 23.7 Å². The van der Waals surface area contributed by atoms with E-state index in [2.05, 4.69) is 20.2 Å². The summed E-state index contributed by atoms with van der Waals surface area (Å²) in [4.78, 5) is 24.2. The lowest BCUT2D eigenvalue weighted by Gasteiger charge is -2.25. The lowest BCUT2D eigenvalue weighted by atomic mass is 10.2. The molecule has 2 aromatic heterocycles. The minimum atomic E-state index is -0.147. The number of amides is 1. The summed E-state index contributed by atoms with van der Waals surface area (Å²) in [6, 6.07) is 1.98. The van der Waals surface area contributed by atoms with Crippen molar-refractivity contribution in [2.24, 2.45) is 5.73 Å². The van der Waals surface area contributed by atoms with Crippen molar-refractivity contribution in [2.45, 2.75) is 38.3 Å². The van der Waals surface area contributed by atoms with Crippen LogP contribution in [0.4, 0.5) is 5.82 Å². The maximum atomic E-state index is 12.5. The van der Waals surface area contributed by atoms with Crippen LogP contribution in [0.5, 0.6) is 0 Å². The van der Waals surface area contributed by atoms with Crippen molar-refractivity contribution in [2.75, 3.05) is 18.0 Å². The van der Waals surface area contributed by atoms with Gasteiger partial charge < -0.3 is 16.0 Å². The standard InChI is InChI=1S/C15H21N5OS.ClH/c1-10(16)4-6-17-14(21)12-3-2-7-20(12)13-11-5-8-22-15(11)19-9-18-13;/h5,8-10,12H,2-4,6-7,16H2,1H3,(H,17,21);1H. The topological polar surface area (TPSA) is 84.1 Å². The highest BCUT2D eigenvalue weighted by Crippen LogP contribution is 2.31. The fourth-order valence-corrected chi connectivity index (χ4v) is 3.57. The first kappa shape index (κ1) is 17.9. The lowest BCUT2D eigenvalue weighted by molar-refractivity contribution is -0.122. The molecule has 6 nitrogen and oxygen atoms in total. The number of aromatic nitrogens is 2. The maximum Gasteiger partial charge on any atom is 0.242 e. The molecule has 2 atom stereocenters. The first-order valence-corrected chi connectivity index (χ1v) is 8.53. The Morgan fingerprint density at radius 3 is 3.17 bits per heavy atom. The predicted octanol–water partition coefficient (Wildman–Crippen LogP) is 1.94. The first-order chi connectivity index (χ1) is 10.7. The van der Waals surface area contributed by atoms with Gasteiger partial charge in [0.25, 0.3) is 0 Å². The second-order valence-electron chi connectivity index (χ2n) is 5.75. The minimum Gasteiger partial charge on any atom is -0.354 e. The molecule has 2 unspecified atom stereocenters. The summed E-state index contributed by atoms with van der Waals surface area (Å²) in [5.74, 6) is 0.941. The van der Waals surface area contributed by atoms with Crippen molar-refractivity contribution in [3.05, 3.63) is 17.8 Å². The molecule has 1 amide bonds. The van der Waals surface area contributed by atoms with Crippen molar-refractivity contribution < 1.29 is 4.79 Å². The zero-order valence-corrected chi connectivity index (χ0v) is 14.7. The van der Waals surface area contributed by atoms with Crippen LogP contribution in [0.25, 0.3) is 10.2 Å². The van der Waals surface area contributed by atoms with Gasteiger partial charge >= 0.3 is 0 Å². The molecule has 0 saturated carbocycles. The molecule has 1 fully saturated rings. The normalized spacial score (nSPS) is 18.7. The number of carbonyl (C=O) groups is 1. The molecule has 23 heavy (non-hydrogen) atoms. The number of fused-ring (bicyclic) bond motifs is 1. The van der Waals surface area contributed by atoms with Gasteiger partial charge in [0.05, 0.1) is 5.39 Å². The van der Waals surface area contributed by atoms with E-state index in [0.29, 0.717) is 6.54 Å². The zero-order valence-electron chi connectivity index (χ0n) is 13.1. The molecule has 1 saturated heterocycles. The minimum absolute atomic E-state index is 0. The first-order valence-electron chi connectivity index (χ1n) is 7.65. The Morgan fingerprint density at radius 2 is 2.39 bits per heavy atom. The molecule has 3 heterocycles. The summed E-state index contributed by atoms with van der Waals surface area (Å²) < 4.78 is 0. The molecule has 0 radical (unpaired) electrons. The summed E-state index contributed by atoms with van der Waals surface area (Å²) in [6.07, 6.45) is 4.24. The SMILES string of the molecule is CC(N)CCNC(=O)C1CCCN1c1ncnc2sccc12.Cl. The Bertz CT molecular complexity index is 662. The number of carbonyl (C=O) groups excluding carboxylic acids is 1. The summed E-state index contributed by atoms with van der Waals surface area (Å²) in [6.45, 7) is 3.42. The molecule has 0 bridgehead atoms. The van der Waals surface area contributed by atoms with E-state index in [1.54, 1.807) is 17.7 Å². The van der Waals surface area contributed by atoms with Crippen molar-refractivity contribution in [1.29, 1.82) is 0 Å². The van der Waals surface area contributed by atoms with Crippen LogP contribution in [0.15, 0.2) is 17.8 Å². The quantitative estimate of drug-likeness (QED) is 0.856. The molecule has 3 N–H and O–H groups in total. The fraction of sp³-hybridized carbons (Fsp3) is 0.533. The summed E-state index contributed by atoms with van der Waals surface area (Å²) in [5, 5.41) is 6.04. The van der Waals surface area contributed by atoms with Crippen molar-refractivity contribution in [3.8, 4) is 0 Å². The summed E-state index contributed by atoms with van der Waals surface area (Å²) >= 11 is 1.59. The number of hydrogen-bond acceptors (Lipinski definition) is 6. The molecule has 8 heteroatoms. The summed E-state index contributed by atoms with van der Waals surface area (Å²) in [7, 11) is 0. The monoisotopic (exact) mass is 355 g/mol. The Balaban J connectivity index is 0.00000192. The second-order valence-corrected chi connectivity index (χ2v) is 6.64. The Morgan fingerprint density at radius 1 is 1.57 bits per heavy atom. The molecule has 0 aliphatic carbocycles. The van der Waals surface area contributed by atoms with Gasteiger partial charge in [0.15, 0.2) is 0 Å². The molecule has 1 aliphatic heterocycles. The van der Waals surface area contributed by atoms with Crippen molar-refractivity contribution in [1.82, 2.24) is 15.3 Å². The second kappa shape index (κ2) is 7.90. The third-order valence-corrected chi connectivity index (χ3v) is 4.79. The number of anilines is 1. The number of rotatable bonds is 5. The van der Waals surface area contributed by atoms with Gasteiger partial charge in [-0.25, -0.2) is 9.97 Å². The molecule has 126 valence electrons. The molecule has 2 aromatic rings. The third-order valence-electron chi connectivity index (χ3n) is 3.97. The van der Waals surface area contributed by atoms with Crippen molar-refractivity contribution >= 4 is 45.7 Å². The molecule has 0 aromatic carbocycles. The largest absolute Gasteiger partial charge is 0.354 e. The molecular weight excluding hydrogens is 334 g/mol. The average molecular weight is 356 g/mol. The Labute approximate surface area is 145 Å². The maximum absolute atomic E-state index is 12.5. The van der Waals surface area contributed by atoms with Crippen LogP contribution in [0.1, 0.15) is 26.2 Å². The van der Waals surface area contributed by atoms with E-state index < -0.39 is 0 Å². The van der Waals surface area contributed by atoms with Crippen LogP contribution in [0, 0.1) is 0 Å². The van der Waals surface area contributed by atoms with Crippen molar-refractivity contribution in [3.63, 3.8) is 0 Å². The molecule has 3 rings (SSSR count). The average Bonchev–Trinajstić information content (AvgIpc) is 3.15. The number of nitrogens with one attached hydrogen (secondary N) is 1. The van der Waals surface area contributed by atoms with E-state index in [1.807, 2.05) is 18.4 Å². The number of halogens is 1. The number of nitrogens with two attached hydrogens (primary N) is 1. The highest BCUT2D eigenvalue weighted by molar-refractivity contribution is 7.16. The highest BCUT2D eigenvalue weighted by atomic mass is 35.5. The van der Waals surface area contributed by atoms with Crippen LogP contribution in [-0.4, -0.2) is 41.0 Å². The van der Waals surface area contributed by atoms with Gasteiger partial charge in [0.1, 0.15) is 23.0 Å². The van der Waals surface area contributed by atoms with Gasteiger partial charge in [0.2, 0.25) is 5.91 Å². The van der Waals surface area contributed by atoms with E-state index in [-0.39, 0.29) is 30.4 Å². The van der Waals surface area contributed by atoms with Gasteiger partial charge in [-0.1, -0.05) is 0 Å². The highest BCUT2D eigenvalue weighted by Gasteiger charge is 2.32. The number of thiophene rings is 1. The van der Waals surface area contributed by atoms with Crippen LogP contribution in [0.2, 0.25) is 0 Å². The fourth-order valence-electron chi connectivity index (χ4n) is 2.84. The summed E-state index contributed by atoms with van der Waals surface area (Å²) in [5.41, 5.74) is 5.72. The van der Waals surface area contributed by atoms with Crippen LogP contribution in [0.3, 0.4) is 0 Å². The number of nitrogens with zero attached hydrogens (tertiary/aromatic N) is 3. The van der Waals surface area contributed by atoms with Crippen LogP contribution in [-0.2, 0) is 4.79 Å². The molecule has 0 spiro atoms. The smallest absolute Gasteiger partial charge is 0.242 e. The van der Waals surface area contributed by atoms with Gasteiger partial charge in [-0.2, -0.15) is 0 Å². The lowest BCUT2D eigenvalue weighted by Crippen LogP contribution is -2.44. The van der Waals surface area contributed by atoms with E-state index in [1.165, 1.54) is 0 Å². The van der Waals surface area contributed by atoms with Gasteiger partial charge in [-0.05, 0) is 37.6 Å². The van der Waals surface area contributed by atoms with Crippen LogP contribution < -0.4 is 16.0 Å². The van der Waals surface area contributed by atoms with Gasteiger partial charge in [-0.15, -0.1) is 23.7 Å². The zero-order chi connectivity index (χ0) is 15.5. The molecular formula is C15H22ClN5OS. The van der Waals surface area contributed by atoms with Gasteiger partial charge in [-0.3, -0.25) is 4.79 Å². The van der Waals surface area contributed by atoms with Gasteiger partial charge in [0, 0.05) is 19.1 Å². The van der Waals surface area contributed by atoms with E-state index >= 15 is 0 Å². The predicted molar refractivity (Wildman–Crippen MR) is 96.3 cm³/mol. The number of hydrogen-bond donors (Lipinski definition) is 2. The van der Waals surface area contributed by atoms with E-state index in [9.17, 15) is 4.79 Å². The van der Waals surface area contributed by atoms with E-state index in [4.69, 9.17) is 5.73 Å². The molecule has 1 aliphatic rings.